The van der Waals surface area contributed by atoms with E-state index in [9.17, 15) is 8.42 Å². The summed E-state index contributed by atoms with van der Waals surface area (Å²) in [5, 5.41) is 6.21. The molecule has 2 rings (SSSR count). The summed E-state index contributed by atoms with van der Waals surface area (Å²) in [6.07, 6.45) is 2.98. The highest BCUT2D eigenvalue weighted by atomic mass is 32.2. The van der Waals surface area contributed by atoms with Crippen molar-refractivity contribution >= 4 is 26.9 Å². The summed E-state index contributed by atoms with van der Waals surface area (Å²) in [6, 6.07) is 5.17. The van der Waals surface area contributed by atoms with Crippen LogP contribution in [0.2, 0.25) is 0 Å². The normalized spacial score (nSPS) is 13.2. The topological polar surface area (TPSA) is 59.1 Å². The molecule has 0 saturated carbocycles. The first-order valence-corrected chi connectivity index (χ1v) is 8.61. The highest BCUT2D eigenvalue weighted by molar-refractivity contribution is 7.90. The summed E-state index contributed by atoms with van der Waals surface area (Å²) in [6.45, 7) is 3.95. The van der Waals surface area contributed by atoms with Gasteiger partial charge in [0.1, 0.15) is 5.01 Å². The lowest BCUT2D eigenvalue weighted by molar-refractivity contribution is 0.602. The van der Waals surface area contributed by atoms with Crippen LogP contribution < -0.4 is 5.32 Å². The number of nitrogens with zero attached hydrogens (tertiary/aromatic N) is 1. The van der Waals surface area contributed by atoms with Crippen LogP contribution in [0.15, 0.2) is 34.7 Å². The van der Waals surface area contributed by atoms with Crippen molar-refractivity contribution in [3.63, 3.8) is 0 Å². The number of aromatic nitrogens is 1. The van der Waals surface area contributed by atoms with Gasteiger partial charge in [0, 0.05) is 23.5 Å². The summed E-state index contributed by atoms with van der Waals surface area (Å²) in [5.74, 6) is 0. The Kier molecular flexibility index (Phi) is 3.91. The lowest BCUT2D eigenvalue weighted by atomic mass is 10.2. The first kappa shape index (κ1) is 14.0. The van der Waals surface area contributed by atoms with Crippen molar-refractivity contribution in [3.05, 3.63) is 40.3 Å². The summed E-state index contributed by atoms with van der Waals surface area (Å²) >= 11 is 1.57. The van der Waals surface area contributed by atoms with E-state index >= 15 is 0 Å². The minimum Gasteiger partial charge on any atom is -0.376 e. The van der Waals surface area contributed by atoms with Crippen LogP contribution in [0.25, 0.3) is 0 Å². The van der Waals surface area contributed by atoms with Gasteiger partial charge in [-0.3, -0.25) is 0 Å². The molecule has 2 aromatic rings. The number of sulfone groups is 1. The van der Waals surface area contributed by atoms with E-state index in [1.165, 1.54) is 6.26 Å². The summed E-state index contributed by atoms with van der Waals surface area (Å²) < 4.78 is 23.1. The minimum absolute atomic E-state index is 0.0495. The van der Waals surface area contributed by atoms with Crippen molar-refractivity contribution < 1.29 is 8.42 Å². The van der Waals surface area contributed by atoms with Gasteiger partial charge in [0.25, 0.3) is 0 Å². The van der Waals surface area contributed by atoms with Crippen molar-refractivity contribution in [3.8, 4) is 0 Å². The zero-order chi connectivity index (χ0) is 14.0. The summed E-state index contributed by atoms with van der Waals surface area (Å²) in [7, 11) is -3.18. The van der Waals surface area contributed by atoms with E-state index in [-0.39, 0.29) is 6.04 Å². The van der Waals surface area contributed by atoms with Gasteiger partial charge in [-0.2, -0.15) is 0 Å². The molecule has 0 radical (unpaired) electrons. The molecule has 0 aliphatic rings. The fourth-order valence-corrected chi connectivity index (χ4v) is 3.02. The molecule has 0 aliphatic carbocycles. The Labute approximate surface area is 117 Å². The molecule has 1 unspecified atom stereocenters. The predicted octanol–water partition coefficient (Wildman–Crippen LogP) is 3.03. The Balaban J connectivity index is 2.30. The molecule has 1 N–H and O–H groups in total. The molecule has 0 aliphatic heterocycles. The maximum Gasteiger partial charge on any atom is 0.175 e. The quantitative estimate of drug-likeness (QED) is 0.942. The van der Waals surface area contributed by atoms with Crippen LogP contribution >= 0.6 is 11.3 Å². The van der Waals surface area contributed by atoms with Crippen LogP contribution in [0.3, 0.4) is 0 Å². The maximum absolute atomic E-state index is 11.6. The zero-order valence-electron chi connectivity index (χ0n) is 11.0. The van der Waals surface area contributed by atoms with Crippen molar-refractivity contribution in [1.82, 2.24) is 4.98 Å². The third-order valence-electron chi connectivity index (χ3n) is 2.83. The van der Waals surface area contributed by atoms with Crippen molar-refractivity contribution in [2.45, 2.75) is 24.8 Å². The van der Waals surface area contributed by atoms with E-state index in [0.29, 0.717) is 4.90 Å². The number of benzene rings is 1. The highest BCUT2D eigenvalue weighted by Gasteiger charge is 2.12. The van der Waals surface area contributed by atoms with Gasteiger partial charge in [-0.1, -0.05) is 6.07 Å². The molecule has 1 heterocycles. The van der Waals surface area contributed by atoms with Gasteiger partial charge in [0.15, 0.2) is 9.84 Å². The molecule has 4 nitrogen and oxygen atoms in total. The number of aryl methyl sites for hydroxylation is 1. The van der Waals surface area contributed by atoms with E-state index in [0.717, 1.165) is 16.3 Å². The molecule has 0 spiro atoms. The van der Waals surface area contributed by atoms with Crippen molar-refractivity contribution in [2.24, 2.45) is 0 Å². The highest BCUT2D eigenvalue weighted by Crippen LogP contribution is 2.25. The summed E-state index contributed by atoms with van der Waals surface area (Å²) in [4.78, 5) is 4.58. The van der Waals surface area contributed by atoms with E-state index in [4.69, 9.17) is 0 Å². The molecule has 1 atom stereocenters. The fourth-order valence-electron chi connectivity index (χ4n) is 1.73. The molecular weight excluding hydrogens is 280 g/mol. The number of thiazole rings is 1. The van der Waals surface area contributed by atoms with E-state index in [1.54, 1.807) is 29.7 Å². The molecule has 0 amide bonds. The number of hydrogen-bond donors (Lipinski definition) is 1. The molecule has 0 bridgehead atoms. The van der Waals surface area contributed by atoms with E-state index in [2.05, 4.69) is 10.3 Å². The molecular formula is C13H16N2O2S2. The predicted molar refractivity (Wildman–Crippen MR) is 78.4 cm³/mol. The average molecular weight is 296 g/mol. The molecule has 6 heteroatoms. The van der Waals surface area contributed by atoms with Gasteiger partial charge < -0.3 is 5.32 Å². The number of hydrogen-bond acceptors (Lipinski definition) is 5. The van der Waals surface area contributed by atoms with Gasteiger partial charge >= 0.3 is 0 Å². The lowest BCUT2D eigenvalue weighted by Crippen LogP contribution is -2.08. The van der Waals surface area contributed by atoms with Crippen LogP contribution in [0.5, 0.6) is 0 Å². The Hall–Kier alpha value is -1.40. The third-order valence-corrected chi connectivity index (χ3v) is 4.90. The Morgan fingerprint density at radius 2 is 2.11 bits per heavy atom. The van der Waals surface area contributed by atoms with Gasteiger partial charge in [-0.05, 0) is 31.5 Å². The van der Waals surface area contributed by atoms with Gasteiger partial charge in [-0.25, -0.2) is 13.4 Å². The second-order valence-electron chi connectivity index (χ2n) is 4.49. The number of anilines is 1. The van der Waals surface area contributed by atoms with E-state index < -0.39 is 9.84 Å². The number of nitrogens with one attached hydrogen (secondary N) is 1. The second kappa shape index (κ2) is 5.30. The van der Waals surface area contributed by atoms with Gasteiger partial charge in [-0.15, -0.1) is 11.3 Å². The lowest BCUT2D eigenvalue weighted by Gasteiger charge is -2.15. The Bertz CT molecular complexity index is 664. The largest absolute Gasteiger partial charge is 0.376 e. The smallest absolute Gasteiger partial charge is 0.175 e. The zero-order valence-corrected chi connectivity index (χ0v) is 12.7. The Morgan fingerprint density at radius 3 is 2.68 bits per heavy atom. The second-order valence-corrected chi connectivity index (χ2v) is 7.43. The standard InChI is InChI=1S/C13H16N2O2S2/c1-9-4-5-11(19(3,16)17)8-12(9)15-10(2)13-14-6-7-18-13/h4-8,10,15H,1-3H3. The van der Waals surface area contributed by atoms with Gasteiger partial charge in [0.2, 0.25) is 0 Å². The summed E-state index contributed by atoms with van der Waals surface area (Å²) in [5.41, 5.74) is 1.83. The van der Waals surface area contributed by atoms with Crippen LogP contribution in [-0.2, 0) is 9.84 Å². The SMILES string of the molecule is Cc1ccc(S(C)(=O)=O)cc1NC(C)c1nccs1. The maximum atomic E-state index is 11.6. The van der Waals surface area contributed by atoms with E-state index in [1.807, 2.05) is 25.3 Å². The molecule has 19 heavy (non-hydrogen) atoms. The molecule has 0 fully saturated rings. The Morgan fingerprint density at radius 1 is 1.37 bits per heavy atom. The monoisotopic (exact) mass is 296 g/mol. The first-order valence-electron chi connectivity index (χ1n) is 5.84. The van der Waals surface area contributed by atoms with Crippen LogP contribution in [0, 0.1) is 6.92 Å². The van der Waals surface area contributed by atoms with Crippen molar-refractivity contribution in [2.75, 3.05) is 11.6 Å². The van der Waals surface area contributed by atoms with Crippen LogP contribution in [0.4, 0.5) is 5.69 Å². The van der Waals surface area contributed by atoms with Gasteiger partial charge in [0.05, 0.1) is 10.9 Å². The molecule has 102 valence electrons. The van der Waals surface area contributed by atoms with Crippen molar-refractivity contribution in [1.29, 1.82) is 0 Å². The first-order chi connectivity index (χ1) is 8.88. The van der Waals surface area contributed by atoms with Crippen LogP contribution in [0.1, 0.15) is 23.5 Å². The number of rotatable bonds is 4. The minimum atomic E-state index is -3.18. The van der Waals surface area contributed by atoms with Crippen LogP contribution in [-0.4, -0.2) is 19.7 Å². The fraction of sp³-hybridized carbons (Fsp3) is 0.308. The third kappa shape index (κ3) is 3.33. The average Bonchev–Trinajstić information content (AvgIpc) is 2.84. The molecule has 0 saturated heterocycles. The molecule has 1 aromatic heterocycles. The molecule has 1 aromatic carbocycles.